The van der Waals surface area contributed by atoms with Gasteiger partial charge in [-0.3, -0.25) is 5.43 Å². The third-order valence-electron chi connectivity index (χ3n) is 4.84. The number of para-hydroxylation sites is 2. The molecule has 0 spiro atoms. The monoisotopic (exact) mass is 503 g/mol. The molecular formula is C25H33N3O6S. The molecule has 0 radical (unpaired) electrons. The SMILES string of the molecule is CCOc1ccccc1NC(=S)N/N=C(\C)c1ccc2c(c1)OCCOCCOCCOCCO2. The lowest BCUT2D eigenvalue weighted by Gasteiger charge is -2.15. The lowest BCUT2D eigenvalue weighted by molar-refractivity contribution is 0.00708. The minimum Gasteiger partial charge on any atom is -0.492 e. The normalized spacial score (nSPS) is 15.9. The van der Waals surface area contributed by atoms with E-state index in [1.54, 1.807) is 0 Å². The standard InChI is InChI=1S/C25H33N3O6S/c1-3-32-22-7-5-4-6-21(22)26-25(35)28-27-19(2)20-8-9-23-24(18-20)34-17-15-31-13-11-29-10-12-30-14-16-33-23/h4-9,18H,3,10-17H2,1-2H3,(H2,26,28,35)/b27-19+. The van der Waals surface area contributed by atoms with Crippen LogP contribution < -0.4 is 25.0 Å². The van der Waals surface area contributed by atoms with E-state index in [1.807, 2.05) is 56.3 Å². The topological polar surface area (TPSA) is 91.8 Å². The van der Waals surface area contributed by atoms with Crippen molar-refractivity contribution < 1.29 is 28.4 Å². The number of hydrogen-bond donors (Lipinski definition) is 2. The molecule has 1 aliphatic rings. The number of hydrazone groups is 1. The molecule has 0 amide bonds. The molecule has 190 valence electrons. The molecule has 0 aromatic heterocycles. The third-order valence-corrected chi connectivity index (χ3v) is 5.03. The summed E-state index contributed by atoms with van der Waals surface area (Å²) in [6.07, 6.45) is 0. The molecule has 1 aliphatic heterocycles. The van der Waals surface area contributed by atoms with Crippen molar-refractivity contribution in [2.45, 2.75) is 13.8 Å². The molecule has 0 aliphatic carbocycles. The van der Waals surface area contributed by atoms with Crippen LogP contribution in [0.4, 0.5) is 5.69 Å². The van der Waals surface area contributed by atoms with E-state index < -0.39 is 0 Å². The first-order chi connectivity index (χ1) is 17.2. The van der Waals surface area contributed by atoms with Crippen LogP contribution in [0.2, 0.25) is 0 Å². The van der Waals surface area contributed by atoms with Crippen molar-refractivity contribution in [2.24, 2.45) is 5.10 Å². The fourth-order valence-corrected chi connectivity index (χ4v) is 3.28. The van der Waals surface area contributed by atoms with Crippen molar-refractivity contribution in [2.75, 3.05) is 64.8 Å². The van der Waals surface area contributed by atoms with E-state index in [4.69, 9.17) is 40.6 Å². The molecule has 2 aromatic carbocycles. The van der Waals surface area contributed by atoms with E-state index in [9.17, 15) is 0 Å². The summed E-state index contributed by atoms with van der Waals surface area (Å²) in [4.78, 5) is 0. The number of fused-ring (bicyclic) bond motifs is 1. The van der Waals surface area contributed by atoms with Gasteiger partial charge in [0.2, 0.25) is 0 Å². The Kier molecular flexibility index (Phi) is 11.6. The number of nitrogens with one attached hydrogen (secondary N) is 2. The second-order valence-corrected chi connectivity index (χ2v) is 7.80. The van der Waals surface area contributed by atoms with E-state index in [0.29, 0.717) is 76.1 Å². The van der Waals surface area contributed by atoms with E-state index >= 15 is 0 Å². The van der Waals surface area contributed by atoms with E-state index in [1.165, 1.54) is 0 Å². The largest absolute Gasteiger partial charge is 0.492 e. The smallest absolute Gasteiger partial charge is 0.191 e. The zero-order valence-electron chi connectivity index (χ0n) is 20.2. The van der Waals surface area contributed by atoms with Crippen LogP contribution in [-0.2, 0) is 14.2 Å². The van der Waals surface area contributed by atoms with Crippen LogP contribution in [0.1, 0.15) is 19.4 Å². The van der Waals surface area contributed by atoms with Crippen LogP contribution in [0.3, 0.4) is 0 Å². The van der Waals surface area contributed by atoms with Gasteiger partial charge in [0.15, 0.2) is 16.6 Å². The minimum absolute atomic E-state index is 0.353. The van der Waals surface area contributed by atoms with Crippen LogP contribution in [0, 0.1) is 0 Å². The van der Waals surface area contributed by atoms with Crippen molar-refractivity contribution in [1.82, 2.24) is 5.43 Å². The number of rotatable bonds is 5. The molecule has 0 bridgehead atoms. The highest BCUT2D eigenvalue weighted by Crippen LogP contribution is 2.29. The molecule has 0 fully saturated rings. The van der Waals surface area contributed by atoms with E-state index in [-0.39, 0.29) is 0 Å². The van der Waals surface area contributed by atoms with Gasteiger partial charge in [0.25, 0.3) is 0 Å². The first-order valence-corrected chi connectivity index (χ1v) is 12.0. The highest BCUT2D eigenvalue weighted by atomic mass is 32.1. The molecule has 1 heterocycles. The maximum absolute atomic E-state index is 5.94. The fraction of sp³-hybridized carbons (Fsp3) is 0.440. The zero-order chi connectivity index (χ0) is 24.7. The molecule has 2 N–H and O–H groups in total. The van der Waals surface area contributed by atoms with Gasteiger partial charge in [-0.15, -0.1) is 0 Å². The summed E-state index contributed by atoms with van der Waals surface area (Å²) in [7, 11) is 0. The lowest BCUT2D eigenvalue weighted by Crippen LogP contribution is -2.25. The Balaban J connectivity index is 1.63. The molecule has 2 aromatic rings. The molecule has 10 heteroatoms. The van der Waals surface area contributed by atoms with Crippen molar-refractivity contribution in [1.29, 1.82) is 0 Å². The Morgan fingerprint density at radius 2 is 1.51 bits per heavy atom. The molecule has 0 atom stereocenters. The molecular weight excluding hydrogens is 470 g/mol. The van der Waals surface area contributed by atoms with E-state index in [2.05, 4.69) is 15.8 Å². The molecule has 0 saturated carbocycles. The quantitative estimate of drug-likeness (QED) is 0.361. The van der Waals surface area contributed by atoms with Gasteiger partial charge in [0, 0.05) is 5.56 Å². The number of benzene rings is 2. The Bertz CT molecular complexity index is 972. The van der Waals surface area contributed by atoms with Gasteiger partial charge in [0.1, 0.15) is 19.0 Å². The molecule has 0 unspecified atom stereocenters. The first kappa shape index (κ1) is 26.7. The zero-order valence-corrected chi connectivity index (χ0v) is 21.0. The second kappa shape index (κ2) is 15.2. The summed E-state index contributed by atoms with van der Waals surface area (Å²) in [5.74, 6) is 1.97. The van der Waals surface area contributed by atoms with Gasteiger partial charge in [-0.05, 0) is 56.4 Å². The van der Waals surface area contributed by atoms with E-state index in [0.717, 1.165) is 22.7 Å². The Morgan fingerprint density at radius 3 is 2.20 bits per heavy atom. The Morgan fingerprint density at radius 1 is 0.886 bits per heavy atom. The maximum atomic E-state index is 5.94. The van der Waals surface area contributed by atoms with Crippen molar-refractivity contribution >= 4 is 28.7 Å². The number of nitrogens with zero attached hydrogens (tertiary/aromatic N) is 1. The number of thiocarbonyl (C=S) groups is 1. The summed E-state index contributed by atoms with van der Waals surface area (Å²) >= 11 is 5.40. The first-order valence-electron chi connectivity index (χ1n) is 11.6. The van der Waals surface area contributed by atoms with Gasteiger partial charge in [-0.1, -0.05) is 12.1 Å². The molecule has 0 saturated heterocycles. The van der Waals surface area contributed by atoms with Crippen LogP contribution in [0.5, 0.6) is 17.2 Å². The predicted molar refractivity (Wildman–Crippen MR) is 139 cm³/mol. The highest BCUT2D eigenvalue weighted by molar-refractivity contribution is 7.80. The van der Waals surface area contributed by atoms with Crippen LogP contribution in [-0.4, -0.2) is 70.3 Å². The number of anilines is 1. The number of hydrogen-bond acceptors (Lipinski definition) is 8. The van der Waals surface area contributed by atoms with Crippen molar-refractivity contribution in [3.8, 4) is 17.2 Å². The average molecular weight is 504 g/mol. The number of ether oxygens (including phenoxy) is 6. The van der Waals surface area contributed by atoms with Gasteiger partial charge in [-0.25, -0.2) is 0 Å². The van der Waals surface area contributed by atoms with Gasteiger partial charge in [-0.2, -0.15) is 5.10 Å². The van der Waals surface area contributed by atoms with Crippen LogP contribution in [0.15, 0.2) is 47.6 Å². The van der Waals surface area contributed by atoms with Gasteiger partial charge < -0.3 is 33.7 Å². The summed E-state index contributed by atoms with van der Waals surface area (Å²) in [6.45, 7) is 8.16. The fourth-order valence-electron chi connectivity index (χ4n) is 3.13. The average Bonchev–Trinajstić information content (AvgIpc) is 2.87. The second-order valence-electron chi connectivity index (χ2n) is 7.39. The van der Waals surface area contributed by atoms with Gasteiger partial charge in [0.05, 0.1) is 57.6 Å². The maximum Gasteiger partial charge on any atom is 0.191 e. The third kappa shape index (κ3) is 9.33. The molecule has 9 nitrogen and oxygen atoms in total. The van der Waals surface area contributed by atoms with Crippen molar-refractivity contribution in [3.63, 3.8) is 0 Å². The van der Waals surface area contributed by atoms with Crippen molar-refractivity contribution in [3.05, 3.63) is 48.0 Å². The molecule has 3 rings (SSSR count). The highest BCUT2D eigenvalue weighted by Gasteiger charge is 2.10. The summed E-state index contributed by atoms with van der Waals surface area (Å²) in [5, 5.41) is 7.89. The summed E-state index contributed by atoms with van der Waals surface area (Å²) in [5.41, 5.74) is 5.24. The Hall–Kier alpha value is -2.92. The molecule has 35 heavy (non-hydrogen) atoms. The summed E-state index contributed by atoms with van der Waals surface area (Å²) in [6, 6.07) is 13.3. The van der Waals surface area contributed by atoms with Crippen LogP contribution in [0.25, 0.3) is 0 Å². The Labute approximate surface area is 211 Å². The lowest BCUT2D eigenvalue weighted by atomic mass is 10.1. The van der Waals surface area contributed by atoms with Gasteiger partial charge >= 0.3 is 0 Å². The minimum atomic E-state index is 0.353. The van der Waals surface area contributed by atoms with Crippen LogP contribution >= 0.6 is 12.2 Å². The predicted octanol–water partition coefficient (Wildman–Crippen LogP) is 3.62. The summed E-state index contributed by atoms with van der Waals surface area (Å²) < 4.78 is 33.9.